The number of hydrogen-bond donors (Lipinski definition) is 1. The zero-order chi connectivity index (χ0) is 16.0. The Labute approximate surface area is 112 Å². The second-order valence-electron chi connectivity index (χ2n) is 4.33. The van der Waals surface area contributed by atoms with Crippen LogP contribution in [0.3, 0.4) is 0 Å². The van der Waals surface area contributed by atoms with Crippen molar-refractivity contribution in [1.29, 1.82) is 0 Å². The molecule has 1 aromatic heterocycles. The highest BCUT2D eigenvalue weighted by atomic mass is 19.4. The highest BCUT2D eigenvalue weighted by molar-refractivity contribution is 5.85. The molecule has 1 aliphatic rings. The molecule has 7 nitrogen and oxygen atoms in total. The molecule has 0 atom stereocenters. The summed E-state index contributed by atoms with van der Waals surface area (Å²) >= 11 is 0. The lowest BCUT2D eigenvalue weighted by Crippen LogP contribution is -2.59. The number of halogens is 5. The third-order valence-corrected chi connectivity index (χ3v) is 2.88. The standard InChI is InChI=1S/C9H7F5N4O3/c10-8(11,9(12,13)14)7(21)17-1-4(2-17)18-3-5(6(19)20)15-16-18/h3-4H,1-2H2,(H,19,20). The molecule has 0 radical (unpaired) electrons. The SMILES string of the molecule is O=C(O)c1cn(C2CN(C(=O)C(F)(F)C(F)(F)F)C2)nn1. The average molecular weight is 314 g/mol. The van der Waals surface area contributed by atoms with Crippen LogP contribution in [0.4, 0.5) is 22.0 Å². The van der Waals surface area contributed by atoms with Gasteiger partial charge in [-0.05, 0) is 0 Å². The number of hydrogen-bond acceptors (Lipinski definition) is 4. The molecule has 1 saturated heterocycles. The highest BCUT2D eigenvalue weighted by Gasteiger charge is 2.65. The van der Waals surface area contributed by atoms with Gasteiger partial charge in [0.2, 0.25) is 0 Å². The molecule has 1 aliphatic heterocycles. The van der Waals surface area contributed by atoms with Crippen LogP contribution in [0.5, 0.6) is 0 Å². The maximum absolute atomic E-state index is 12.8. The molecule has 116 valence electrons. The number of amides is 1. The zero-order valence-electron chi connectivity index (χ0n) is 10.0. The van der Waals surface area contributed by atoms with E-state index in [9.17, 15) is 31.5 Å². The number of aromatic nitrogens is 3. The van der Waals surface area contributed by atoms with Crippen molar-refractivity contribution in [3.63, 3.8) is 0 Å². The Morgan fingerprint density at radius 1 is 1.24 bits per heavy atom. The Bertz CT molecular complexity index is 578. The summed E-state index contributed by atoms with van der Waals surface area (Å²) in [5, 5.41) is 15.3. The third-order valence-electron chi connectivity index (χ3n) is 2.88. The predicted octanol–water partition coefficient (Wildman–Crippen LogP) is 0.557. The van der Waals surface area contributed by atoms with Gasteiger partial charge >= 0.3 is 24.0 Å². The minimum absolute atomic E-state index is 0.320. The maximum Gasteiger partial charge on any atom is 0.463 e. The van der Waals surface area contributed by atoms with Crippen LogP contribution >= 0.6 is 0 Å². The molecule has 2 rings (SSSR count). The van der Waals surface area contributed by atoms with Crippen LogP contribution in [0.2, 0.25) is 0 Å². The molecule has 12 heteroatoms. The normalized spacial score (nSPS) is 16.7. The largest absolute Gasteiger partial charge is 0.476 e. The van der Waals surface area contributed by atoms with Crippen molar-refractivity contribution in [2.45, 2.75) is 18.1 Å². The lowest BCUT2D eigenvalue weighted by molar-refractivity contribution is -0.276. The molecule has 1 fully saturated rings. The van der Waals surface area contributed by atoms with Crippen LogP contribution in [-0.4, -0.2) is 62.1 Å². The van der Waals surface area contributed by atoms with Gasteiger partial charge in [-0.1, -0.05) is 5.21 Å². The van der Waals surface area contributed by atoms with E-state index in [4.69, 9.17) is 5.11 Å². The molecular weight excluding hydrogens is 307 g/mol. The molecular formula is C9H7F5N4O3. The van der Waals surface area contributed by atoms with Gasteiger partial charge in [-0.2, -0.15) is 22.0 Å². The maximum atomic E-state index is 12.8. The number of alkyl halides is 5. The van der Waals surface area contributed by atoms with Gasteiger partial charge in [-0.15, -0.1) is 5.10 Å². The van der Waals surface area contributed by atoms with E-state index in [1.807, 2.05) is 0 Å². The van der Waals surface area contributed by atoms with Gasteiger partial charge in [-0.3, -0.25) is 4.79 Å². The first kappa shape index (κ1) is 15.1. The lowest BCUT2D eigenvalue weighted by atomic mass is 10.1. The van der Waals surface area contributed by atoms with Gasteiger partial charge in [0.25, 0.3) is 0 Å². The fraction of sp³-hybridized carbons (Fsp3) is 0.556. The van der Waals surface area contributed by atoms with Crippen LogP contribution in [0.15, 0.2) is 6.20 Å². The van der Waals surface area contributed by atoms with Crippen LogP contribution < -0.4 is 0 Å². The zero-order valence-corrected chi connectivity index (χ0v) is 10.0. The summed E-state index contributed by atoms with van der Waals surface area (Å²) in [4.78, 5) is 22.0. The molecule has 0 spiro atoms. The first-order valence-electron chi connectivity index (χ1n) is 5.43. The number of aromatic carboxylic acids is 1. The fourth-order valence-electron chi connectivity index (χ4n) is 1.66. The Balaban J connectivity index is 2.00. The monoisotopic (exact) mass is 314 g/mol. The van der Waals surface area contributed by atoms with Gasteiger partial charge in [0.15, 0.2) is 5.69 Å². The summed E-state index contributed by atoms with van der Waals surface area (Å²) in [5.41, 5.74) is -0.402. The summed E-state index contributed by atoms with van der Waals surface area (Å²) in [6.45, 7) is -0.875. The summed E-state index contributed by atoms with van der Waals surface area (Å²) in [7, 11) is 0. The van der Waals surface area contributed by atoms with Crippen molar-refractivity contribution >= 4 is 11.9 Å². The van der Waals surface area contributed by atoms with Crippen molar-refractivity contribution in [1.82, 2.24) is 19.9 Å². The summed E-state index contributed by atoms with van der Waals surface area (Å²) in [5.74, 6) is -9.16. The topological polar surface area (TPSA) is 88.3 Å². The van der Waals surface area contributed by atoms with Crippen molar-refractivity contribution in [3.8, 4) is 0 Å². The summed E-state index contributed by atoms with van der Waals surface area (Å²) in [6, 6.07) is -0.696. The van der Waals surface area contributed by atoms with Crippen molar-refractivity contribution in [2.75, 3.05) is 13.1 Å². The Hall–Kier alpha value is -2.27. The lowest BCUT2D eigenvalue weighted by Gasteiger charge is -2.40. The van der Waals surface area contributed by atoms with Crippen molar-refractivity contribution in [2.24, 2.45) is 0 Å². The van der Waals surface area contributed by atoms with E-state index in [0.29, 0.717) is 4.90 Å². The number of nitrogens with zero attached hydrogens (tertiary/aromatic N) is 4. The third kappa shape index (κ3) is 2.52. The van der Waals surface area contributed by atoms with E-state index in [2.05, 4.69) is 10.3 Å². The molecule has 0 bridgehead atoms. The average Bonchev–Trinajstić information content (AvgIpc) is 2.74. The minimum Gasteiger partial charge on any atom is -0.476 e. The van der Waals surface area contributed by atoms with Gasteiger partial charge < -0.3 is 10.0 Å². The molecule has 1 aromatic rings. The van der Waals surface area contributed by atoms with Crippen molar-refractivity contribution in [3.05, 3.63) is 11.9 Å². The second kappa shape index (κ2) is 4.63. The Morgan fingerprint density at radius 3 is 2.24 bits per heavy atom. The Morgan fingerprint density at radius 2 is 1.81 bits per heavy atom. The minimum atomic E-state index is -5.96. The van der Waals surface area contributed by atoms with E-state index >= 15 is 0 Å². The number of carbonyl (C=O) groups is 2. The van der Waals surface area contributed by atoms with Crippen LogP contribution in [-0.2, 0) is 4.79 Å². The summed E-state index contributed by atoms with van der Waals surface area (Å²) in [6.07, 6.45) is -4.96. The van der Waals surface area contributed by atoms with Gasteiger partial charge in [-0.25, -0.2) is 9.48 Å². The van der Waals surface area contributed by atoms with Gasteiger partial charge in [0.05, 0.1) is 12.2 Å². The molecule has 0 aliphatic carbocycles. The molecule has 1 N–H and O–H groups in total. The second-order valence-corrected chi connectivity index (χ2v) is 4.33. The first-order valence-corrected chi connectivity index (χ1v) is 5.43. The molecule has 0 aromatic carbocycles. The molecule has 2 heterocycles. The van der Waals surface area contributed by atoms with Crippen LogP contribution in [0.25, 0.3) is 0 Å². The fourth-order valence-corrected chi connectivity index (χ4v) is 1.66. The van der Waals surface area contributed by atoms with Crippen LogP contribution in [0.1, 0.15) is 16.5 Å². The number of carbonyl (C=O) groups excluding carboxylic acids is 1. The first-order chi connectivity index (χ1) is 9.54. The summed E-state index contributed by atoms with van der Waals surface area (Å²) < 4.78 is 62.7. The molecule has 21 heavy (non-hydrogen) atoms. The van der Waals surface area contributed by atoms with Crippen molar-refractivity contribution < 1.29 is 36.6 Å². The van der Waals surface area contributed by atoms with E-state index in [-0.39, 0.29) is 0 Å². The van der Waals surface area contributed by atoms with E-state index in [0.717, 1.165) is 10.9 Å². The predicted molar refractivity (Wildman–Crippen MR) is 53.6 cm³/mol. The van der Waals surface area contributed by atoms with E-state index in [1.165, 1.54) is 0 Å². The quantitative estimate of drug-likeness (QED) is 0.824. The molecule has 1 amide bonds. The smallest absolute Gasteiger partial charge is 0.463 e. The molecule has 0 saturated carbocycles. The Kier molecular flexibility index (Phi) is 3.34. The number of carboxylic acid groups (broad SMARTS) is 1. The molecule has 0 unspecified atom stereocenters. The van der Waals surface area contributed by atoms with Gasteiger partial charge in [0.1, 0.15) is 0 Å². The number of carboxylic acids is 1. The number of rotatable bonds is 3. The van der Waals surface area contributed by atoms with E-state index < -0.39 is 48.8 Å². The van der Waals surface area contributed by atoms with Crippen LogP contribution in [0, 0.1) is 0 Å². The highest BCUT2D eigenvalue weighted by Crippen LogP contribution is 2.38. The van der Waals surface area contributed by atoms with E-state index in [1.54, 1.807) is 0 Å². The van der Waals surface area contributed by atoms with Gasteiger partial charge in [0, 0.05) is 13.1 Å². The number of likely N-dealkylation sites (tertiary alicyclic amines) is 1.